The van der Waals surface area contributed by atoms with Crippen LogP contribution in [0.4, 0.5) is 0 Å². The summed E-state index contributed by atoms with van der Waals surface area (Å²) in [5, 5.41) is 2.69. The second kappa shape index (κ2) is 9.74. The van der Waals surface area contributed by atoms with Crippen LogP contribution in [-0.4, -0.2) is 27.9 Å². The molecule has 1 aliphatic rings. The molecular formula is C28H20N2O3S2. The summed E-state index contributed by atoms with van der Waals surface area (Å²) < 4.78 is 7.46. The molecule has 1 fully saturated rings. The molecule has 5 rings (SSSR count). The minimum Gasteiger partial charge on any atom is -0.465 e. The average Bonchev–Trinajstić information content (AvgIpc) is 3.43. The van der Waals surface area contributed by atoms with E-state index >= 15 is 0 Å². The van der Waals surface area contributed by atoms with E-state index in [0.717, 1.165) is 33.8 Å². The third-order valence-electron chi connectivity index (χ3n) is 5.62. The zero-order valence-electron chi connectivity index (χ0n) is 18.7. The van der Waals surface area contributed by atoms with E-state index in [4.69, 9.17) is 17.0 Å². The van der Waals surface area contributed by atoms with Crippen LogP contribution in [0.15, 0.2) is 95.9 Å². The molecule has 2 heterocycles. The van der Waals surface area contributed by atoms with E-state index in [1.165, 1.54) is 18.9 Å². The van der Waals surface area contributed by atoms with Gasteiger partial charge < -0.3 is 14.6 Å². The van der Waals surface area contributed by atoms with Crippen molar-refractivity contribution in [1.82, 2.24) is 9.88 Å². The minimum atomic E-state index is -0.388. The molecule has 0 spiro atoms. The van der Waals surface area contributed by atoms with Gasteiger partial charge in [0, 0.05) is 11.3 Å². The van der Waals surface area contributed by atoms with Gasteiger partial charge in [-0.3, -0.25) is 4.79 Å². The number of amides is 1. The van der Waals surface area contributed by atoms with Gasteiger partial charge >= 0.3 is 5.97 Å². The molecule has 5 nitrogen and oxygen atoms in total. The van der Waals surface area contributed by atoms with Crippen molar-refractivity contribution in [3.05, 3.63) is 107 Å². The summed E-state index contributed by atoms with van der Waals surface area (Å²) in [6.45, 7) is 0. The predicted molar refractivity (Wildman–Crippen MR) is 144 cm³/mol. The lowest BCUT2D eigenvalue weighted by Crippen LogP contribution is -2.17. The quantitative estimate of drug-likeness (QED) is 0.206. The molecule has 1 aromatic heterocycles. The van der Waals surface area contributed by atoms with Crippen molar-refractivity contribution in [2.45, 2.75) is 0 Å². The van der Waals surface area contributed by atoms with Gasteiger partial charge in [-0.2, -0.15) is 0 Å². The lowest BCUT2D eigenvalue weighted by Gasteiger charge is -2.15. The van der Waals surface area contributed by atoms with E-state index in [2.05, 4.69) is 16.0 Å². The highest BCUT2D eigenvalue weighted by atomic mass is 32.2. The number of benzene rings is 3. The molecule has 7 heteroatoms. The van der Waals surface area contributed by atoms with Crippen molar-refractivity contribution in [1.29, 1.82) is 0 Å². The summed E-state index contributed by atoms with van der Waals surface area (Å²) in [5.41, 5.74) is 6.12. The summed E-state index contributed by atoms with van der Waals surface area (Å²) in [4.78, 5) is 25.0. The normalized spacial score (nSPS) is 14.3. The maximum absolute atomic E-state index is 12.5. The lowest BCUT2D eigenvalue weighted by atomic mass is 10.1. The Labute approximate surface area is 212 Å². The van der Waals surface area contributed by atoms with Crippen molar-refractivity contribution in [3.8, 4) is 28.2 Å². The number of hydrogen-bond acceptors (Lipinski definition) is 5. The van der Waals surface area contributed by atoms with Crippen LogP contribution < -0.4 is 5.32 Å². The molecule has 1 saturated heterocycles. The molecule has 3 aromatic carbocycles. The Balaban J connectivity index is 1.79. The van der Waals surface area contributed by atoms with Gasteiger partial charge in [-0.15, -0.1) is 0 Å². The van der Waals surface area contributed by atoms with E-state index in [0.29, 0.717) is 14.8 Å². The minimum absolute atomic E-state index is 0.199. The van der Waals surface area contributed by atoms with Gasteiger partial charge in [0.2, 0.25) is 0 Å². The van der Waals surface area contributed by atoms with Gasteiger partial charge in [0.1, 0.15) is 4.32 Å². The van der Waals surface area contributed by atoms with Crippen LogP contribution in [-0.2, 0) is 9.53 Å². The molecule has 0 unspecified atom stereocenters. The van der Waals surface area contributed by atoms with E-state index in [1.807, 2.05) is 78.9 Å². The number of methoxy groups -OCH3 is 1. The maximum Gasteiger partial charge on any atom is 0.337 e. The molecule has 4 aromatic rings. The van der Waals surface area contributed by atoms with Gasteiger partial charge in [0.15, 0.2) is 0 Å². The summed E-state index contributed by atoms with van der Waals surface area (Å²) >= 11 is 6.45. The van der Waals surface area contributed by atoms with Crippen molar-refractivity contribution in [2.24, 2.45) is 0 Å². The predicted octanol–water partition coefficient (Wildman–Crippen LogP) is 6.09. The van der Waals surface area contributed by atoms with E-state index in [-0.39, 0.29) is 11.9 Å². The number of esters is 1. The molecule has 1 amide bonds. The summed E-state index contributed by atoms with van der Waals surface area (Å²) in [6.07, 6.45) is 1.88. The first-order chi connectivity index (χ1) is 17.0. The topological polar surface area (TPSA) is 60.3 Å². The molecule has 1 aliphatic heterocycles. The summed E-state index contributed by atoms with van der Waals surface area (Å²) in [5.74, 6) is -0.586. The van der Waals surface area contributed by atoms with Crippen molar-refractivity contribution in [2.75, 3.05) is 7.11 Å². The van der Waals surface area contributed by atoms with Crippen LogP contribution >= 0.6 is 24.0 Å². The van der Waals surface area contributed by atoms with Gasteiger partial charge in [-0.25, -0.2) is 4.79 Å². The fraction of sp³-hybridized carbons (Fsp3) is 0.0357. The van der Waals surface area contributed by atoms with Gasteiger partial charge in [0.05, 0.1) is 29.0 Å². The molecule has 0 bridgehead atoms. The van der Waals surface area contributed by atoms with Crippen LogP contribution in [0.1, 0.15) is 15.9 Å². The molecular weight excluding hydrogens is 476 g/mol. The number of nitrogens with one attached hydrogen (secondary N) is 1. The number of rotatable bonds is 5. The average molecular weight is 497 g/mol. The van der Waals surface area contributed by atoms with Gasteiger partial charge in [0.25, 0.3) is 5.91 Å². The molecule has 0 radical (unpaired) electrons. The number of nitrogens with zero attached hydrogens (tertiary/aromatic N) is 1. The van der Waals surface area contributed by atoms with Crippen LogP contribution in [0.5, 0.6) is 0 Å². The number of carbonyl (C=O) groups is 2. The largest absolute Gasteiger partial charge is 0.465 e. The third kappa shape index (κ3) is 4.56. The second-order valence-corrected chi connectivity index (χ2v) is 9.51. The number of aromatic nitrogens is 1. The highest BCUT2D eigenvalue weighted by Crippen LogP contribution is 2.38. The monoisotopic (exact) mass is 496 g/mol. The van der Waals surface area contributed by atoms with Crippen LogP contribution in [0.25, 0.3) is 34.3 Å². The lowest BCUT2D eigenvalue weighted by molar-refractivity contribution is -0.115. The summed E-state index contributed by atoms with van der Waals surface area (Å²) in [6, 6.07) is 29.4. The first-order valence-electron chi connectivity index (χ1n) is 10.9. The maximum atomic E-state index is 12.5. The first kappa shape index (κ1) is 22.8. The Morgan fingerprint density at radius 3 is 2.14 bits per heavy atom. The molecule has 172 valence electrons. The van der Waals surface area contributed by atoms with E-state index in [1.54, 1.807) is 12.1 Å². The third-order valence-corrected chi connectivity index (χ3v) is 6.78. The van der Waals surface area contributed by atoms with Crippen molar-refractivity contribution in [3.63, 3.8) is 0 Å². The van der Waals surface area contributed by atoms with Crippen molar-refractivity contribution < 1.29 is 14.3 Å². The smallest absolute Gasteiger partial charge is 0.337 e. The van der Waals surface area contributed by atoms with Crippen LogP contribution in [0, 0.1) is 0 Å². The zero-order valence-corrected chi connectivity index (χ0v) is 20.4. The van der Waals surface area contributed by atoms with E-state index in [9.17, 15) is 9.59 Å². The zero-order chi connectivity index (χ0) is 24.4. The Morgan fingerprint density at radius 1 is 0.943 bits per heavy atom. The number of ether oxygens (including phenoxy) is 1. The number of carbonyl (C=O) groups excluding carboxylic acids is 2. The number of hydrogen-bond donors (Lipinski definition) is 1. The highest BCUT2D eigenvalue weighted by molar-refractivity contribution is 8.26. The Morgan fingerprint density at radius 2 is 1.57 bits per heavy atom. The molecule has 0 saturated carbocycles. The highest BCUT2D eigenvalue weighted by Gasteiger charge is 2.25. The second-order valence-electron chi connectivity index (χ2n) is 7.79. The van der Waals surface area contributed by atoms with Crippen LogP contribution in [0.3, 0.4) is 0 Å². The Kier molecular flexibility index (Phi) is 6.35. The fourth-order valence-electron chi connectivity index (χ4n) is 4.05. The number of thioether (sulfide) groups is 1. The molecule has 1 N–H and O–H groups in total. The first-order valence-corrected chi connectivity index (χ1v) is 12.1. The standard InChI is InChI=1S/C28H20N2O3S2/c1-33-27(32)20-12-14-22(15-13-20)30-23(18-8-4-2-5-9-18)16-21(17-24-26(31)29-28(34)35-24)25(30)19-10-6-3-7-11-19/h2-17H,1H3,(H,29,31,34)/b24-17-. The van der Waals surface area contributed by atoms with E-state index < -0.39 is 0 Å². The Bertz CT molecular complexity index is 1460. The molecule has 0 atom stereocenters. The fourth-order valence-corrected chi connectivity index (χ4v) is 5.08. The number of thiocarbonyl (C=S) groups is 1. The SMILES string of the molecule is COC(=O)c1ccc(-n2c(-c3ccccc3)cc(/C=C3\SC(=S)NC3=O)c2-c2ccccc2)cc1. The Hall–Kier alpha value is -3.94. The van der Waals surface area contributed by atoms with Crippen LogP contribution in [0.2, 0.25) is 0 Å². The van der Waals surface area contributed by atoms with Gasteiger partial charge in [-0.1, -0.05) is 84.6 Å². The summed E-state index contributed by atoms with van der Waals surface area (Å²) in [7, 11) is 1.37. The molecule has 0 aliphatic carbocycles. The van der Waals surface area contributed by atoms with Gasteiger partial charge in [-0.05, 0) is 47.5 Å². The van der Waals surface area contributed by atoms with Crippen molar-refractivity contribution >= 4 is 46.3 Å². The molecule has 35 heavy (non-hydrogen) atoms.